The highest BCUT2D eigenvalue weighted by Crippen LogP contribution is 2.27. The molecule has 0 aromatic heterocycles. The zero-order valence-electron chi connectivity index (χ0n) is 15.2. The van der Waals surface area contributed by atoms with Crippen LogP contribution in [0.15, 0.2) is 29.3 Å². The zero-order chi connectivity index (χ0) is 16.9. The summed E-state index contributed by atoms with van der Waals surface area (Å²) in [5.41, 5.74) is 2.18. The molecule has 2 aliphatic rings. The molecule has 0 aliphatic carbocycles. The molecule has 1 amide bonds. The number of hydrogen-bond donors (Lipinski definition) is 1. The van der Waals surface area contributed by atoms with E-state index in [1.54, 1.807) is 0 Å². The summed E-state index contributed by atoms with van der Waals surface area (Å²) in [5, 5.41) is 3.40. The first-order valence-corrected chi connectivity index (χ1v) is 9.10. The number of likely N-dealkylation sites (tertiary alicyclic amines) is 1. The normalized spacial score (nSPS) is 20.3. The average Bonchev–Trinajstić information content (AvgIpc) is 2.90. The van der Waals surface area contributed by atoms with Gasteiger partial charge < -0.3 is 15.1 Å². The van der Waals surface area contributed by atoms with Gasteiger partial charge in [0, 0.05) is 31.9 Å². The Morgan fingerprint density at radius 3 is 2.92 bits per heavy atom. The first-order valence-electron chi connectivity index (χ1n) is 9.10. The molecule has 1 saturated heterocycles. The molecule has 0 spiro atoms. The lowest BCUT2D eigenvalue weighted by molar-refractivity contribution is -0.117. The molecule has 2 heterocycles. The zero-order valence-corrected chi connectivity index (χ0v) is 17.5. The van der Waals surface area contributed by atoms with E-state index in [1.165, 1.54) is 12.8 Å². The molecule has 25 heavy (non-hydrogen) atoms. The van der Waals surface area contributed by atoms with E-state index in [0.717, 1.165) is 42.8 Å². The van der Waals surface area contributed by atoms with Crippen LogP contribution in [0.5, 0.6) is 0 Å². The van der Waals surface area contributed by atoms with Gasteiger partial charge in [0.15, 0.2) is 5.96 Å². The second-order valence-electron chi connectivity index (χ2n) is 6.78. The van der Waals surface area contributed by atoms with Crippen LogP contribution < -0.4 is 10.2 Å². The Morgan fingerprint density at radius 2 is 2.16 bits per heavy atom. The Balaban J connectivity index is 0.00000225. The van der Waals surface area contributed by atoms with E-state index in [4.69, 9.17) is 4.99 Å². The fourth-order valence-corrected chi connectivity index (χ4v) is 3.62. The van der Waals surface area contributed by atoms with Crippen LogP contribution in [0.25, 0.3) is 0 Å². The van der Waals surface area contributed by atoms with Crippen molar-refractivity contribution in [2.75, 3.05) is 37.6 Å². The fourth-order valence-electron chi connectivity index (χ4n) is 3.62. The van der Waals surface area contributed by atoms with E-state index in [1.807, 2.05) is 29.2 Å². The molecule has 0 radical (unpaired) electrons. The number of carbonyl (C=O) groups is 1. The number of fused-ring (bicyclic) bond motifs is 1. The second kappa shape index (κ2) is 9.40. The first kappa shape index (κ1) is 20.0. The van der Waals surface area contributed by atoms with Crippen LogP contribution >= 0.6 is 24.0 Å². The number of para-hydroxylation sites is 1. The van der Waals surface area contributed by atoms with E-state index in [9.17, 15) is 4.79 Å². The number of anilines is 1. The van der Waals surface area contributed by atoms with Gasteiger partial charge in [0.25, 0.3) is 0 Å². The van der Waals surface area contributed by atoms with Gasteiger partial charge in [-0.3, -0.25) is 9.79 Å². The number of aliphatic imine (C=N–C) groups is 1. The maximum absolute atomic E-state index is 12.2. The van der Waals surface area contributed by atoms with Crippen LogP contribution in [0.2, 0.25) is 0 Å². The highest BCUT2D eigenvalue weighted by Gasteiger charge is 2.26. The number of rotatable bonds is 4. The highest BCUT2D eigenvalue weighted by atomic mass is 127. The molecular weight excluding hydrogens is 427 g/mol. The van der Waals surface area contributed by atoms with Gasteiger partial charge in [0.05, 0.1) is 13.0 Å². The van der Waals surface area contributed by atoms with Gasteiger partial charge in [-0.05, 0) is 37.3 Å². The maximum Gasteiger partial charge on any atom is 0.231 e. The minimum atomic E-state index is 0. The number of halogens is 1. The summed E-state index contributed by atoms with van der Waals surface area (Å²) in [4.78, 5) is 21.2. The minimum Gasteiger partial charge on any atom is -0.357 e. The third-order valence-electron chi connectivity index (χ3n) is 4.80. The third-order valence-corrected chi connectivity index (χ3v) is 4.80. The summed E-state index contributed by atoms with van der Waals surface area (Å²) in [6, 6.07) is 8.05. The molecule has 1 atom stereocenters. The van der Waals surface area contributed by atoms with Gasteiger partial charge in [-0.25, -0.2) is 0 Å². The van der Waals surface area contributed by atoms with Gasteiger partial charge in [-0.2, -0.15) is 0 Å². The summed E-state index contributed by atoms with van der Waals surface area (Å²) < 4.78 is 0. The molecule has 3 rings (SSSR count). The van der Waals surface area contributed by atoms with Crippen molar-refractivity contribution in [3.63, 3.8) is 0 Å². The fraction of sp³-hybridized carbons (Fsp3) is 0.579. The van der Waals surface area contributed by atoms with Crippen LogP contribution in [-0.2, 0) is 11.2 Å². The number of guanidine groups is 1. The van der Waals surface area contributed by atoms with Crippen molar-refractivity contribution in [3.8, 4) is 0 Å². The Morgan fingerprint density at radius 1 is 1.36 bits per heavy atom. The summed E-state index contributed by atoms with van der Waals surface area (Å²) in [6.45, 7) is 8.69. The summed E-state index contributed by atoms with van der Waals surface area (Å²) >= 11 is 0. The summed E-state index contributed by atoms with van der Waals surface area (Å²) in [5.74, 6) is 1.89. The summed E-state index contributed by atoms with van der Waals surface area (Å²) in [6.07, 6.45) is 3.04. The molecule has 1 unspecified atom stereocenters. The molecule has 2 aliphatic heterocycles. The summed E-state index contributed by atoms with van der Waals surface area (Å²) in [7, 11) is 0. The van der Waals surface area contributed by atoms with Crippen LogP contribution in [0, 0.1) is 5.92 Å². The Kier molecular flexibility index (Phi) is 7.53. The Labute approximate surface area is 167 Å². The smallest absolute Gasteiger partial charge is 0.231 e. The molecule has 1 aromatic carbocycles. The van der Waals surface area contributed by atoms with Gasteiger partial charge in [0.1, 0.15) is 0 Å². The largest absolute Gasteiger partial charge is 0.357 e. The van der Waals surface area contributed by atoms with E-state index >= 15 is 0 Å². The lowest BCUT2D eigenvalue weighted by Crippen LogP contribution is -2.46. The standard InChI is InChI=1S/C19H28N4O.HI/c1-3-20-19(22-11-6-7-15(2)14-22)21-10-12-23-17-9-5-4-8-16(17)13-18(23)24;/h4-5,8-9,15H,3,6-7,10-14H2,1-2H3,(H,20,21);1H. The van der Waals surface area contributed by atoms with Crippen LogP contribution in [-0.4, -0.2) is 49.5 Å². The van der Waals surface area contributed by atoms with Crippen molar-refractivity contribution >= 4 is 41.5 Å². The number of amides is 1. The van der Waals surface area contributed by atoms with Crippen LogP contribution in [0.4, 0.5) is 5.69 Å². The molecular formula is C19H29IN4O. The van der Waals surface area contributed by atoms with E-state index < -0.39 is 0 Å². The van der Waals surface area contributed by atoms with Crippen LogP contribution in [0.3, 0.4) is 0 Å². The monoisotopic (exact) mass is 456 g/mol. The molecule has 0 saturated carbocycles. The minimum absolute atomic E-state index is 0. The lowest BCUT2D eigenvalue weighted by Gasteiger charge is -2.33. The molecule has 1 fully saturated rings. The predicted molar refractivity (Wildman–Crippen MR) is 114 cm³/mol. The number of carbonyl (C=O) groups excluding carboxylic acids is 1. The number of nitrogens with one attached hydrogen (secondary N) is 1. The Bertz CT molecular complexity index is 619. The van der Waals surface area contributed by atoms with Crippen molar-refractivity contribution in [2.24, 2.45) is 10.9 Å². The SMILES string of the molecule is CCNC(=NCCN1C(=O)Cc2ccccc21)N1CCCC(C)C1.I. The molecule has 0 bridgehead atoms. The highest BCUT2D eigenvalue weighted by molar-refractivity contribution is 14.0. The van der Waals surface area contributed by atoms with Gasteiger partial charge in [-0.1, -0.05) is 25.1 Å². The lowest BCUT2D eigenvalue weighted by atomic mass is 10.0. The quantitative estimate of drug-likeness (QED) is 0.431. The molecule has 1 N–H and O–H groups in total. The van der Waals surface area contributed by atoms with Gasteiger partial charge in [0.2, 0.25) is 5.91 Å². The molecule has 6 heteroatoms. The van der Waals surface area contributed by atoms with Gasteiger partial charge in [-0.15, -0.1) is 24.0 Å². The number of piperidine rings is 1. The third kappa shape index (κ3) is 4.86. The number of hydrogen-bond acceptors (Lipinski definition) is 2. The van der Waals surface area contributed by atoms with E-state index in [-0.39, 0.29) is 29.9 Å². The maximum atomic E-state index is 12.2. The van der Waals surface area contributed by atoms with Gasteiger partial charge >= 0.3 is 0 Å². The van der Waals surface area contributed by atoms with Crippen molar-refractivity contribution in [1.82, 2.24) is 10.2 Å². The molecule has 5 nitrogen and oxygen atoms in total. The number of nitrogens with zero attached hydrogens (tertiary/aromatic N) is 3. The van der Waals surface area contributed by atoms with Crippen molar-refractivity contribution < 1.29 is 4.79 Å². The molecule has 1 aromatic rings. The average molecular weight is 456 g/mol. The molecule has 138 valence electrons. The topological polar surface area (TPSA) is 47.9 Å². The predicted octanol–water partition coefficient (Wildman–Crippen LogP) is 2.89. The van der Waals surface area contributed by atoms with E-state index in [0.29, 0.717) is 19.5 Å². The van der Waals surface area contributed by atoms with E-state index in [2.05, 4.69) is 24.1 Å². The van der Waals surface area contributed by atoms with Crippen LogP contribution in [0.1, 0.15) is 32.3 Å². The van der Waals surface area contributed by atoms with Crippen molar-refractivity contribution in [3.05, 3.63) is 29.8 Å². The van der Waals surface area contributed by atoms with Crippen molar-refractivity contribution in [2.45, 2.75) is 33.1 Å². The second-order valence-corrected chi connectivity index (χ2v) is 6.78. The first-order chi connectivity index (χ1) is 11.7. The number of benzene rings is 1. The Hall–Kier alpha value is -1.31. The van der Waals surface area contributed by atoms with Crippen molar-refractivity contribution in [1.29, 1.82) is 0 Å².